The molecule has 74 valence electrons. The second-order valence-corrected chi connectivity index (χ2v) is 3.05. The molecule has 0 saturated heterocycles. The molecule has 15 heavy (non-hydrogen) atoms. The topological polar surface area (TPSA) is 45.8 Å². The molecule has 1 aromatic heterocycles. The van der Waals surface area contributed by atoms with Crippen LogP contribution in [0.1, 0.15) is 11.3 Å². The van der Waals surface area contributed by atoms with E-state index in [-0.39, 0.29) is 5.56 Å². The normalized spacial score (nSPS) is 10.7. The fourth-order valence-electron chi connectivity index (χ4n) is 1.22. The van der Waals surface area contributed by atoms with Gasteiger partial charge in [0.15, 0.2) is 0 Å². The zero-order valence-corrected chi connectivity index (χ0v) is 8.05. The van der Waals surface area contributed by atoms with Crippen molar-refractivity contribution in [1.29, 1.82) is 0 Å². The van der Waals surface area contributed by atoms with Crippen molar-refractivity contribution in [2.24, 2.45) is 0 Å². The summed E-state index contributed by atoms with van der Waals surface area (Å²) in [5.74, 6) is 0. The molecule has 1 aromatic carbocycles. The minimum atomic E-state index is -0.176. The van der Waals surface area contributed by atoms with Crippen molar-refractivity contribution in [3.05, 3.63) is 64.3 Å². The summed E-state index contributed by atoms with van der Waals surface area (Å²) >= 11 is 0. The van der Waals surface area contributed by atoms with E-state index < -0.39 is 0 Å². The predicted octanol–water partition coefficient (Wildman–Crippen LogP) is 1.94. The van der Waals surface area contributed by atoms with Crippen molar-refractivity contribution >= 4 is 12.2 Å². The molecule has 0 aliphatic heterocycles. The Hall–Kier alpha value is -2.16. The quantitative estimate of drug-likeness (QED) is 0.801. The Balaban J connectivity index is 2.27. The number of aromatic nitrogens is 2. The molecule has 2 rings (SSSR count). The van der Waals surface area contributed by atoms with Gasteiger partial charge in [0.25, 0.3) is 5.56 Å². The van der Waals surface area contributed by atoms with Crippen LogP contribution in [0.4, 0.5) is 0 Å². The van der Waals surface area contributed by atoms with Gasteiger partial charge in [0.05, 0.1) is 0 Å². The summed E-state index contributed by atoms with van der Waals surface area (Å²) in [6, 6.07) is 9.77. The molecule has 0 atom stereocenters. The third-order valence-electron chi connectivity index (χ3n) is 1.97. The molecular weight excluding hydrogens is 188 g/mol. The van der Waals surface area contributed by atoms with Gasteiger partial charge in [-0.1, -0.05) is 36.4 Å². The second-order valence-electron chi connectivity index (χ2n) is 3.05. The number of benzene rings is 1. The average Bonchev–Trinajstić information content (AvgIpc) is 2.29. The maximum Gasteiger partial charge on any atom is 0.273 e. The Kier molecular flexibility index (Phi) is 2.74. The van der Waals surface area contributed by atoms with Gasteiger partial charge in [0.1, 0.15) is 5.69 Å². The van der Waals surface area contributed by atoms with E-state index in [0.717, 1.165) is 5.56 Å². The molecule has 0 radical (unpaired) electrons. The zero-order chi connectivity index (χ0) is 10.5. The van der Waals surface area contributed by atoms with Crippen molar-refractivity contribution < 1.29 is 0 Å². The van der Waals surface area contributed by atoms with Gasteiger partial charge >= 0.3 is 0 Å². The van der Waals surface area contributed by atoms with Gasteiger partial charge in [-0.3, -0.25) is 4.79 Å². The van der Waals surface area contributed by atoms with E-state index in [4.69, 9.17) is 0 Å². The van der Waals surface area contributed by atoms with Gasteiger partial charge in [-0.2, -0.15) is 0 Å². The molecule has 0 saturated carbocycles. The zero-order valence-electron chi connectivity index (χ0n) is 8.05. The number of nitrogens with zero attached hydrogens (tertiary/aromatic N) is 1. The van der Waals surface area contributed by atoms with Crippen LogP contribution in [0, 0.1) is 0 Å². The fourth-order valence-corrected chi connectivity index (χ4v) is 1.22. The Bertz CT molecular complexity index is 514. The van der Waals surface area contributed by atoms with Crippen molar-refractivity contribution in [1.82, 2.24) is 9.97 Å². The Morgan fingerprint density at radius 3 is 2.67 bits per heavy atom. The van der Waals surface area contributed by atoms with Crippen LogP contribution in [0.5, 0.6) is 0 Å². The SMILES string of the molecule is O=c1[nH]ccnc1C=Cc1ccccc1. The summed E-state index contributed by atoms with van der Waals surface area (Å²) in [5, 5.41) is 0. The summed E-state index contributed by atoms with van der Waals surface area (Å²) in [6.45, 7) is 0. The highest BCUT2D eigenvalue weighted by Crippen LogP contribution is 2.02. The highest BCUT2D eigenvalue weighted by atomic mass is 16.1. The highest BCUT2D eigenvalue weighted by Gasteiger charge is 1.92. The first-order valence-electron chi connectivity index (χ1n) is 4.63. The summed E-state index contributed by atoms with van der Waals surface area (Å²) < 4.78 is 0. The lowest BCUT2D eigenvalue weighted by Gasteiger charge is -1.91. The van der Waals surface area contributed by atoms with Crippen LogP contribution in [0.2, 0.25) is 0 Å². The maximum absolute atomic E-state index is 11.3. The first kappa shape index (κ1) is 9.40. The molecule has 0 spiro atoms. The molecular formula is C12H10N2O. The second kappa shape index (κ2) is 4.37. The molecule has 0 aliphatic carbocycles. The van der Waals surface area contributed by atoms with Crippen molar-refractivity contribution in [3.8, 4) is 0 Å². The molecule has 0 unspecified atom stereocenters. The molecule has 0 bridgehead atoms. The van der Waals surface area contributed by atoms with E-state index >= 15 is 0 Å². The van der Waals surface area contributed by atoms with Crippen LogP contribution in [-0.4, -0.2) is 9.97 Å². The number of hydrogen-bond acceptors (Lipinski definition) is 2. The number of rotatable bonds is 2. The van der Waals surface area contributed by atoms with Gasteiger partial charge in [0.2, 0.25) is 0 Å². The number of H-pyrrole nitrogens is 1. The van der Waals surface area contributed by atoms with E-state index in [2.05, 4.69) is 9.97 Å². The molecule has 3 heteroatoms. The van der Waals surface area contributed by atoms with E-state index in [1.54, 1.807) is 12.3 Å². The average molecular weight is 198 g/mol. The smallest absolute Gasteiger partial charge is 0.273 e. The Morgan fingerprint density at radius 2 is 1.93 bits per heavy atom. The maximum atomic E-state index is 11.3. The predicted molar refractivity (Wildman–Crippen MR) is 60.2 cm³/mol. The lowest BCUT2D eigenvalue weighted by Crippen LogP contribution is -2.09. The Morgan fingerprint density at radius 1 is 1.13 bits per heavy atom. The standard InChI is InChI=1S/C12H10N2O/c15-12-11(13-8-9-14-12)7-6-10-4-2-1-3-5-10/h1-9H,(H,14,15). The van der Waals surface area contributed by atoms with Crippen LogP contribution < -0.4 is 5.56 Å². The molecule has 2 aromatic rings. The van der Waals surface area contributed by atoms with Crippen LogP contribution in [0.25, 0.3) is 12.2 Å². The molecule has 3 nitrogen and oxygen atoms in total. The number of nitrogens with one attached hydrogen (secondary N) is 1. The van der Waals surface area contributed by atoms with E-state index in [9.17, 15) is 4.79 Å². The first-order chi connectivity index (χ1) is 7.36. The molecule has 0 fully saturated rings. The van der Waals surface area contributed by atoms with Gasteiger partial charge in [-0.25, -0.2) is 4.98 Å². The van der Waals surface area contributed by atoms with Crippen molar-refractivity contribution in [3.63, 3.8) is 0 Å². The van der Waals surface area contributed by atoms with Crippen LogP contribution in [0.15, 0.2) is 47.5 Å². The van der Waals surface area contributed by atoms with E-state index in [1.807, 2.05) is 36.4 Å². The molecule has 1 N–H and O–H groups in total. The summed E-state index contributed by atoms with van der Waals surface area (Å²) in [7, 11) is 0. The van der Waals surface area contributed by atoms with Gasteiger partial charge in [0, 0.05) is 12.4 Å². The third-order valence-corrected chi connectivity index (χ3v) is 1.97. The van der Waals surface area contributed by atoms with Crippen LogP contribution in [-0.2, 0) is 0 Å². The summed E-state index contributed by atoms with van der Waals surface area (Å²) in [4.78, 5) is 17.8. The van der Waals surface area contributed by atoms with Gasteiger partial charge in [-0.05, 0) is 11.6 Å². The molecule has 0 amide bonds. The van der Waals surface area contributed by atoms with Gasteiger partial charge < -0.3 is 4.98 Å². The minimum Gasteiger partial charge on any atom is -0.326 e. The molecule has 1 heterocycles. The fraction of sp³-hybridized carbons (Fsp3) is 0. The van der Waals surface area contributed by atoms with Crippen molar-refractivity contribution in [2.45, 2.75) is 0 Å². The lowest BCUT2D eigenvalue weighted by molar-refractivity contribution is 1.12. The third kappa shape index (κ3) is 2.40. The monoisotopic (exact) mass is 198 g/mol. The number of hydrogen-bond donors (Lipinski definition) is 1. The number of aromatic amines is 1. The lowest BCUT2D eigenvalue weighted by atomic mass is 10.2. The molecule has 0 aliphatic rings. The van der Waals surface area contributed by atoms with Crippen LogP contribution >= 0.6 is 0 Å². The van der Waals surface area contributed by atoms with E-state index in [0.29, 0.717) is 5.69 Å². The summed E-state index contributed by atoms with van der Waals surface area (Å²) in [6.07, 6.45) is 6.64. The highest BCUT2D eigenvalue weighted by molar-refractivity contribution is 5.67. The van der Waals surface area contributed by atoms with E-state index in [1.165, 1.54) is 6.20 Å². The van der Waals surface area contributed by atoms with Crippen LogP contribution in [0.3, 0.4) is 0 Å². The first-order valence-corrected chi connectivity index (χ1v) is 4.63. The summed E-state index contributed by atoms with van der Waals surface area (Å²) in [5.41, 5.74) is 1.29. The van der Waals surface area contributed by atoms with Gasteiger partial charge in [-0.15, -0.1) is 0 Å². The Labute approximate surface area is 87.1 Å². The largest absolute Gasteiger partial charge is 0.326 e. The minimum absolute atomic E-state index is 0.176. The van der Waals surface area contributed by atoms with Crippen molar-refractivity contribution in [2.75, 3.05) is 0 Å².